The van der Waals surface area contributed by atoms with Crippen molar-refractivity contribution in [1.82, 2.24) is 5.48 Å². The molecule has 0 aromatic carbocycles. The highest BCUT2D eigenvalue weighted by molar-refractivity contribution is 5.76. The van der Waals surface area contributed by atoms with Crippen LogP contribution in [0.1, 0.15) is 33.6 Å². The number of hydrogen-bond donors (Lipinski definition) is 1. The van der Waals surface area contributed by atoms with Crippen LogP contribution in [-0.4, -0.2) is 11.9 Å². The number of nitrogens with one attached hydrogen (secondary N) is 1. The van der Waals surface area contributed by atoms with Gasteiger partial charge < -0.3 is 4.84 Å². The Hall–Kier alpha value is -1.06. The van der Waals surface area contributed by atoms with E-state index in [4.69, 9.17) is 0 Å². The lowest BCUT2D eigenvalue weighted by molar-refractivity contribution is -0.161. The van der Waals surface area contributed by atoms with Crippen LogP contribution >= 0.6 is 0 Å². The Morgan fingerprint density at radius 3 is 2.17 bits per heavy atom. The van der Waals surface area contributed by atoms with Crippen LogP contribution in [0.5, 0.6) is 0 Å². The standard InChI is InChI=1S/C8H15NO3/c1-4-7(5-2)8(11)12-9-6(3)10/h7H,4-5H2,1-3H3,(H,9,10). The third-order valence-electron chi connectivity index (χ3n) is 1.61. The van der Waals surface area contributed by atoms with E-state index in [1.54, 1.807) is 0 Å². The third kappa shape index (κ3) is 3.95. The van der Waals surface area contributed by atoms with Crippen LogP contribution in [0.15, 0.2) is 0 Å². The van der Waals surface area contributed by atoms with Crippen LogP contribution in [0.2, 0.25) is 0 Å². The highest BCUT2D eigenvalue weighted by Crippen LogP contribution is 2.08. The first kappa shape index (κ1) is 10.9. The van der Waals surface area contributed by atoms with Gasteiger partial charge in [-0.25, -0.2) is 4.79 Å². The molecule has 0 spiro atoms. The molecule has 1 N–H and O–H groups in total. The number of rotatable bonds is 3. The van der Waals surface area contributed by atoms with E-state index in [9.17, 15) is 9.59 Å². The molecule has 0 atom stereocenters. The molecule has 0 heterocycles. The first-order valence-electron chi connectivity index (χ1n) is 4.09. The maximum Gasteiger partial charge on any atom is 0.335 e. The summed E-state index contributed by atoms with van der Waals surface area (Å²) < 4.78 is 0. The van der Waals surface area contributed by atoms with Crippen molar-refractivity contribution in [2.24, 2.45) is 5.92 Å². The minimum absolute atomic E-state index is 0.114. The average molecular weight is 173 g/mol. The maximum atomic E-state index is 11.1. The fraction of sp³-hybridized carbons (Fsp3) is 0.750. The van der Waals surface area contributed by atoms with Crippen molar-refractivity contribution in [3.05, 3.63) is 0 Å². The van der Waals surface area contributed by atoms with Crippen LogP contribution in [0.25, 0.3) is 0 Å². The van der Waals surface area contributed by atoms with Crippen LogP contribution < -0.4 is 5.48 Å². The zero-order chi connectivity index (χ0) is 9.56. The van der Waals surface area contributed by atoms with Crippen molar-refractivity contribution < 1.29 is 14.4 Å². The van der Waals surface area contributed by atoms with Crippen LogP contribution in [0, 0.1) is 5.92 Å². The Balaban J connectivity index is 3.77. The summed E-state index contributed by atoms with van der Waals surface area (Å²) in [5.41, 5.74) is 2.01. The number of hydrogen-bond acceptors (Lipinski definition) is 3. The van der Waals surface area contributed by atoms with Crippen LogP contribution in [-0.2, 0) is 14.4 Å². The lowest BCUT2D eigenvalue weighted by atomic mass is 10.0. The Kier molecular flexibility index (Phi) is 5.08. The van der Waals surface area contributed by atoms with E-state index < -0.39 is 0 Å². The quantitative estimate of drug-likeness (QED) is 0.648. The van der Waals surface area contributed by atoms with E-state index in [-0.39, 0.29) is 17.8 Å². The van der Waals surface area contributed by atoms with Gasteiger partial charge in [0, 0.05) is 6.92 Å². The molecule has 0 saturated carbocycles. The molecule has 0 unspecified atom stereocenters. The van der Waals surface area contributed by atoms with E-state index in [0.717, 1.165) is 12.8 Å². The second-order valence-electron chi connectivity index (χ2n) is 2.59. The van der Waals surface area contributed by atoms with Crippen LogP contribution in [0.4, 0.5) is 0 Å². The van der Waals surface area contributed by atoms with Gasteiger partial charge in [0.15, 0.2) is 0 Å². The monoisotopic (exact) mass is 173 g/mol. The summed E-state index contributed by atoms with van der Waals surface area (Å²) in [5, 5.41) is 0. The molecule has 0 saturated heterocycles. The van der Waals surface area contributed by atoms with Crippen molar-refractivity contribution in [1.29, 1.82) is 0 Å². The molecule has 4 heteroatoms. The highest BCUT2D eigenvalue weighted by atomic mass is 16.7. The van der Waals surface area contributed by atoms with Crippen molar-refractivity contribution in [3.63, 3.8) is 0 Å². The first-order chi connectivity index (χ1) is 5.61. The minimum atomic E-state index is -0.366. The van der Waals surface area contributed by atoms with Crippen molar-refractivity contribution in [2.45, 2.75) is 33.6 Å². The molecule has 0 fully saturated rings. The summed E-state index contributed by atoms with van der Waals surface area (Å²) in [4.78, 5) is 25.9. The fourth-order valence-electron chi connectivity index (χ4n) is 0.828. The van der Waals surface area contributed by atoms with Crippen molar-refractivity contribution in [2.75, 3.05) is 0 Å². The molecular weight excluding hydrogens is 158 g/mol. The zero-order valence-electron chi connectivity index (χ0n) is 7.72. The average Bonchev–Trinajstić information content (AvgIpc) is 2.03. The first-order valence-corrected chi connectivity index (χ1v) is 4.09. The molecule has 0 radical (unpaired) electrons. The molecule has 4 nitrogen and oxygen atoms in total. The van der Waals surface area contributed by atoms with Crippen molar-refractivity contribution in [3.8, 4) is 0 Å². The molecule has 0 aliphatic rings. The van der Waals surface area contributed by atoms with Gasteiger partial charge in [-0.1, -0.05) is 13.8 Å². The predicted molar refractivity (Wildman–Crippen MR) is 44.0 cm³/mol. The maximum absolute atomic E-state index is 11.1. The fourth-order valence-corrected chi connectivity index (χ4v) is 0.828. The summed E-state index contributed by atoms with van der Waals surface area (Å²) in [6.07, 6.45) is 1.46. The Labute approximate surface area is 72.2 Å². The number of hydroxylamine groups is 1. The summed E-state index contributed by atoms with van der Waals surface area (Å²) in [6, 6.07) is 0. The van der Waals surface area contributed by atoms with E-state index in [0.29, 0.717) is 0 Å². The Morgan fingerprint density at radius 1 is 1.33 bits per heavy atom. The van der Waals surface area contributed by atoms with Gasteiger partial charge in [0.25, 0.3) is 0 Å². The lowest BCUT2D eigenvalue weighted by Crippen LogP contribution is -2.28. The Bertz CT molecular complexity index is 164. The SMILES string of the molecule is CCC(CC)C(=O)ONC(C)=O. The topological polar surface area (TPSA) is 55.4 Å². The van der Waals surface area contributed by atoms with E-state index in [1.807, 2.05) is 19.3 Å². The van der Waals surface area contributed by atoms with Gasteiger partial charge in [-0.2, -0.15) is 5.48 Å². The molecule has 0 aromatic rings. The predicted octanol–water partition coefficient (Wildman–Crippen LogP) is 1.02. The van der Waals surface area contributed by atoms with Gasteiger partial charge in [-0.05, 0) is 12.8 Å². The summed E-state index contributed by atoms with van der Waals surface area (Å²) in [6.45, 7) is 5.10. The van der Waals surface area contributed by atoms with E-state index in [2.05, 4.69) is 4.84 Å². The molecule has 0 bridgehead atoms. The molecule has 0 aliphatic heterocycles. The Morgan fingerprint density at radius 2 is 1.83 bits per heavy atom. The number of carbonyl (C=O) groups excluding carboxylic acids is 2. The van der Waals surface area contributed by atoms with Gasteiger partial charge in [0.05, 0.1) is 5.92 Å². The van der Waals surface area contributed by atoms with Crippen molar-refractivity contribution >= 4 is 11.9 Å². The van der Waals surface area contributed by atoms with Gasteiger partial charge in [-0.15, -0.1) is 0 Å². The van der Waals surface area contributed by atoms with Gasteiger partial charge in [0.1, 0.15) is 0 Å². The lowest BCUT2D eigenvalue weighted by Gasteiger charge is -2.10. The molecule has 0 aliphatic carbocycles. The molecular formula is C8H15NO3. The highest BCUT2D eigenvalue weighted by Gasteiger charge is 2.16. The summed E-state index contributed by atoms with van der Waals surface area (Å²) >= 11 is 0. The molecule has 0 rings (SSSR count). The normalized spacial score (nSPS) is 9.67. The summed E-state index contributed by atoms with van der Waals surface area (Å²) in [5.74, 6) is -0.846. The van der Waals surface area contributed by atoms with Gasteiger partial charge >= 0.3 is 5.97 Å². The molecule has 12 heavy (non-hydrogen) atoms. The van der Waals surface area contributed by atoms with Gasteiger partial charge in [-0.3, -0.25) is 4.79 Å². The molecule has 0 aromatic heterocycles. The third-order valence-corrected chi connectivity index (χ3v) is 1.61. The van der Waals surface area contributed by atoms with E-state index in [1.165, 1.54) is 6.92 Å². The number of amides is 1. The second-order valence-corrected chi connectivity index (χ2v) is 2.59. The largest absolute Gasteiger partial charge is 0.341 e. The zero-order valence-corrected chi connectivity index (χ0v) is 7.72. The summed E-state index contributed by atoms with van der Waals surface area (Å²) in [7, 11) is 0. The smallest absolute Gasteiger partial charge is 0.335 e. The second kappa shape index (κ2) is 5.57. The molecule has 70 valence electrons. The minimum Gasteiger partial charge on any atom is -0.341 e. The van der Waals surface area contributed by atoms with E-state index >= 15 is 0 Å². The number of carbonyl (C=O) groups is 2. The molecule has 1 amide bonds. The van der Waals surface area contributed by atoms with Gasteiger partial charge in [0.2, 0.25) is 5.91 Å². The van der Waals surface area contributed by atoms with Crippen LogP contribution in [0.3, 0.4) is 0 Å².